The topological polar surface area (TPSA) is 94.3 Å². The molecule has 43 heavy (non-hydrogen) atoms. The van der Waals surface area contributed by atoms with Gasteiger partial charge in [-0.3, -0.25) is 14.5 Å². The fourth-order valence-corrected chi connectivity index (χ4v) is 6.23. The predicted molar refractivity (Wildman–Crippen MR) is 170 cm³/mol. The number of ketones is 1. The first kappa shape index (κ1) is 28.7. The van der Waals surface area contributed by atoms with Crippen LogP contribution in [0, 0.1) is 6.92 Å². The smallest absolute Gasteiger partial charge is 0.227 e. The van der Waals surface area contributed by atoms with Gasteiger partial charge in [-0.15, -0.1) is 0 Å². The van der Waals surface area contributed by atoms with Crippen LogP contribution in [0.5, 0.6) is 5.75 Å². The standard InChI is InChI=1S/C35H39N5O3/c1-4-27(41)10-7-15-39-16-17-40(34(42)20-29-23(2)37-31-14-13-28(43-3)19-30(29)31)33(22-39)35-36-21-32(38-35)26-12-11-24-8-5-6-9-25(24)18-26/h5-6,8-9,11-14,18-19,21,33,37H,4,7,10,15-17,20,22H2,1-3H3,(H,36,38). The van der Waals surface area contributed by atoms with Crippen LogP contribution >= 0.6 is 0 Å². The Bertz CT molecular complexity index is 1770. The number of rotatable bonds is 10. The molecule has 0 radical (unpaired) electrons. The van der Waals surface area contributed by atoms with Crippen molar-refractivity contribution in [3.05, 3.63) is 83.9 Å². The molecule has 3 heterocycles. The normalized spacial score (nSPS) is 15.8. The first-order chi connectivity index (χ1) is 20.9. The fraction of sp³-hybridized carbons (Fsp3) is 0.343. The van der Waals surface area contributed by atoms with Crippen molar-refractivity contribution < 1.29 is 14.3 Å². The minimum Gasteiger partial charge on any atom is -0.497 e. The van der Waals surface area contributed by atoms with Crippen LogP contribution in [0.15, 0.2) is 66.9 Å². The van der Waals surface area contributed by atoms with E-state index in [2.05, 4.69) is 45.2 Å². The van der Waals surface area contributed by atoms with Gasteiger partial charge in [-0.1, -0.05) is 43.3 Å². The fourth-order valence-electron chi connectivity index (χ4n) is 6.23. The number of imidazole rings is 1. The summed E-state index contributed by atoms with van der Waals surface area (Å²) >= 11 is 0. The second-order valence-corrected chi connectivity index (χ2v) is 11.5. The van der Waals surface area contributed by atoms with Crippen LogP contribution in [0.3, 0.4) is 0 Å². The van der Waals surface area contributed by atoms with Crippen molar-refractivity contribution in [3.63, 3.8) is 0 Å². The molecular weight excluding hydrogens is 538 g/mol. The summed E-state index contributed by atoms with van der Waals surface area (Å²) in [6.45, 7) is 6.79. The highest BCUT2D eigenvalue weighted by Crippen LogP contribution is 2.31. The third-order valence-corrected chi connectivity index (χ3v) is 8.74. The number of fused-ring (bicyclic) bond motifs is 2. The molecule has 6 rings (SSSR count). The average molecular weight is 578 g/mol. The summed E-state index contributed by atoms with van der Waals surface area (Å²) in [6.07, 6.45) is 4.16. The minimum absolute atomic E-state index is 0.0706. The highest BCUT2D eigenvalue weighted by Gasteiger charge is 2.34. The number of benzene rings is 3. The Morgan fingerprint density at radius 1 is 1.02 bits per heavy atom. The number of Topliss-reactive ketones (excluding diaryl/α,β-unsaturated/α-hetero) is 1. The molecule has 1 fully saturated rings. The monoisotopic (exact) mass is 577 g/mol. The molecule has 5 aromatic rings. The lowest BCUT2D eigenvalue weighted by Crippen LogP contribution is -2.51. The summed E-state index contributed by atoms with van der Waals surface area (Å²) in [5, 5.41) is 3.37. The molecule has 2 aromatic heterocycles. The number of H-pyrrole nitrogens is 2. The summed E-state index contributed by atoms with van der Waals surface area (Å²) < 4.78 is 5.46. The lowest BCUT2D eigenvalue weighted by atomic mass is 10.0. The third kappa shape index (κ3) is 6.06. The number of nitrogens with one attached hydrogen (secondary N) is 2. The minimum atomic E-state index is -0.225. The number of amides is 1. The van der Waals surface area contributed by atoms with E-state index < -0.39 is 0 Å². The van der Waals surface area contributed by atoms with Crippen molar-refractivity contribution in [1.82, 2.24) is 24.8 Å². The van der Waals surface area contributed by atoms with Gasteiger partial charge in [-0.25, -0.2) is 4.98 Å². The summed E-state index contributed by atoms with van der Waals surface area (Å²) in [5.41, 5.74) is 4.97. The Balaban J connectivity index is 1.27. The van der Waals surface area contributed by atoms with Crippen LogP contribution in [0.25, 0.3) is 32.9 Å². The molecule has 1 atom stereocenters. The number of methoxy groups -OCH3 is 1. The Labute approximate surface area is 252 Å². The van der Waals surface area contributed by atoms with E-state index in [4.69, 9.17) is 9.72 Å². The zero-order chi connectivity index (χ0) is 29.9. The van der Waals surface area contributed by atoms with Gasteiger partial charge in [0.1, 0.15) is 23.4 Å². The molecule has 2 N–H and O–H groups in total. The molecule has 1 aliphatic rings. The number of aryl methyl sites for hydroxylation is 1. The Kier molecular flexibility index (Phi) is 8.29. The van der Waals surface area contributed by atoms with Gasteiger partial charge in [0.15, 0.2) is 0 Å². The van der Waals surface area contributed by atoms with Crippen LogP contribution in [0.1, 0.15) is 49.3 Å². The predicted octanol–water partition coefficient (Wildman–Crippen LogP) is 6.22. The summed E-state index contributed by atoms with van der Waals surface area (Å²) in [4.78, 5) is 42.1. The number of hydrogen-bond acceptors (Lipinski definition) is 5. The second kappa shape index (κ2) is 12.4. The zero-order valence-electron chi connectivity index (χ0n) is 25.2. The van der Waals surface area contributed by atoms with Crippen molar-refractivity contribution >= 4 is 33.4 Å². The van der Waals surface area contributed by atoms with E-state index in [1.54, 1.807) is 7.11 Å². The Morgan fingerprint density at radius 2 is 1.86 bits per heavy atom. The molecule has 8 nitrogen and oxygen atoms in total. The second-order valence-electron chi connectivity index (χ2n) is 11.5. The molecule has 1 aliphatic heterocycles. The highest BCUT2D eigenvalue weighted by atomic mass is 16.5. The van der Waals surface area contributed by atoms with E-state index in [0.29, 0.717) is 38.1 Å². The number of carbonyl (C=O) groups excluding carboxylic acids is 2. The van der Waals surface area contributed by atoms with E-state index >= 15 is 0 Å². The maximum Gasteiger partial charge on any atom is 0.227 e. The molecule has 3 aromatic carbocycles. The van der Waals surface area contributed by atoms with Gasteiger partial charge < -0.3 is 19.6 Å². The van der Waals surface area contributed by atoms with Crippen LogP contribution in [-0.4, -0.2) is 69.7 Å². The van der Waals surface area contributed by atoms with Gasteiger partial charge >= 0.3 is 0 Å². The molecular formula is C35H39N5O3. The molecule has 222 valence electrons. The molecule has 8 heteroatoms. The van der Waals surface area contributed by atoms with E-state index in [9.17, 15) is 9.59 Å². The summed E-state index contributed by atoms with van der Waals surface area (Å²) in [5.74, 6) is 1.91. The van der Waals surface area contributed by atoms with E-state index in [1.165, 1.54) is 10.8 Å². The average Bonchev–Trinajstić information content (AvgIpc) is 3.65. The largest absolute Gasteiger partial charge is 0.497 e. The van der Waals surface area contributed by atoms with Crippen molar-refractivity contribution in [2.24, 2.45) is 0 Å². The molecule has 0 bridgehead atoms. The first-order valence-corrected chi connectivity index (χ1v) is 15.2. The van der Waals surface area contributed by atoms with Gasteiger partial charge in [0.2, 0.25) is 5.91 Å². The van der Waals surface area contributed by atoms with Crippen LogP contribution in [0.4, 0.5) is 0 Å². The van der Waals surface area contributed by atoms with Gasteiger partial charge in [-0.05, 0) is 60.5 Å². The van der Waals surface area contributed by atoms with Crippen molar-refractivity contribution in [1.29, 1.82) is 0 Å². The van der Waals surface area contributed by atoms with Crippen molar-refractivity contribution in [2.75, 3.05) is 33.3 Å². The number of piperazine rings is 1. The van der Waals surface area contributed by atoms with Crippen LogP contribution in [0.2, 0.25) is 0 Å². The lowest BCUT2D eigenvalue weighted by Gasteiger charge is -2.40. The van der Waals surface area contributed by atoms with Gasteiger partial charge in [0.25, 0.3) is 0 Å². The lowest BCUT2D eigenvalue weighted by molar-refractivity contribution is -0.135. The van der Waals surface area contributed by atoms with E-state index in [0.717, 1.165) is 64.5 Å². The SMILES string of the molecule is CCC(=O)CCCN1CCN(C(=O)Cc2c(C)[nH]c3ccc(OC)cc23)C(c2ncc(-c3ccc4ccccc4c3)[nH]2)C1. The van der Waals surface area contributed by atoms with Crippen LogP contribution < -0.4 is 4.74 Å². The van der Waals surface area contributed by atoms with Crippen molar-refractivity contribution in [2.45, 2.75) is 45.6 Å². The number of nitrogens with zero attached hydrogens (tertiary/aromatic N) is 3. The molecule has 0 saturated carbocycles. The number of aromatic amines is 2. The quantitative estimate of drug-likeness (QED) is 0.206. The maximum absolute atomic E-state index is 14.0. The van der Waals surface area contributed by atoms with Gasteiger partial charge in [0, 0.05) is 54.6 Å². The number of ether oxygens (including phenoxy) is 1. The molecule has 0 aliphatic carbocycles. The molecule has 0 spiro atoms. The zero-order valence-corrected chi connectivity index (χ0v) is 25.2. The molecule has 1 unspecified atom stereocenters. The summed E-state index contributed by atoms with van der Waals surface area (Å²) in [7, 11) is 1.66. The Hall–Kier alpha value is -4.43. The van der Waals surface area contributed by atoms with Gasteiger partial charge in [-0.2, -0.15) is 0 Å². The number of aromatic nitrogens is 3. The Morgan fingerprint density at radius 3 is 2.67 bits per heavy atom. The highest BCUT2D eigenvalue weighted by molar-refractivity contribution is 5.91. The van der Waals surface area contributed by atoms with E-state index in [1.807, 2.05) is 55.3 Å². The van der Waals surface area contributed by atoms with Crippen molar-refractivity contribution in [3.8, 4) is 17.0 Å². The molecule has 1 amide bonds. The molecule has 1 saturated heterocycles. The van der Waals surface area contributed by atoms with Gasteiger partial charge in [0.05, 0.1) is 25.4 Å². The number of carbonyl (C=O) groups is 2. The van der Waals surface area contributed by atoms with E-state index in [-0.39, 0.29) is 11.9 Å². The number of hydrogen-bond donors (Lipinski definition) is 2. The first-order valence-electron chi connectivity index (χ1n) is 15.2. The van der Waals surface area contributed by atoms with Crippen LogP contribution in [-0.2, 0) is 16.0 Å². The maximum atomic E-state index is 14.0. The summed E-state index contributed by atoms with van der Waals surface area (Å²) in [6, 6.07) is 20.4. The third-order valence-electron chi connectivity index (χ3n) is 8.74.